The summed E-state index contributed by atoms with van der Waals surface area (Å²) in [5.41, 5.74) is 10.8. The maximum Gasteiger partial charge on any atom is 0.137 e. The van der Waals surface area contributed by atoms with Gasteiger partial charge >= 0.3 is 0 Å². The third-order valence-corrected chi connectivity index (χ3v) is 3.45. The molecule has 0 heterocycles. The standard InChI is InChI=1S/C16H18ClNO/c1-10-6-11(2)8-13(7-10)16(18)12-4-5-14(17)15(9-12)19-3/h4-9,16H,18H2,1-3H3. The summed E-state index contributed by atoms with van der Waals surface area (Å²) in [6, 6.07) is 11.8. The molecule has 2 aromatic rings. The summed E-state index contributed by atoms with van der Waals surface area (Å²) < 4.78 is 5.23. The van der Waals surface area contributed by atoms with Crippen molar-refractivity contribution in [3.63, 3.8) is 0 Å². The summed E-state index contributed by atoms with van der Waals surface area (Å²) in [6.07, 6.45) is 0. The van der Waals surface area contributed by atoms with Crippen LogP contribution in [-0.2, 0) is 0 Å². The lowest BCUT2D eigenvalue weighted by molar-refractivity contribution is 0.414. The Hall–Kier alpha value is -1.51. The SMILES string of the molecule is COc1cc(C(N)c2cc(C)cc(C)c2)ccc1Cl. The molecule has 2 aromatic carbocycles. The van der Waals surface area contributed by atoms with Gasteiger partial charge < -0.3 is 10.5 Å². The molecule has 2 rings (SSSR count). The smallest absolute Gasteiger partial charge is 0.137 e. The van der Waals surface area contributed by atoms with Gasteiger partial charge in [-0.25, -0.2) is 0 Å². The van der Waals surface area contributed by atoms with Gasteiger partial charge in [-0.2, -0.15) is 0 Å². The number of nitrogens with two attached hydrogens (primary N) is 1. The minimum Gasteiger partial charge on any atom is -0.495 e. The lowest BCUT2D eigenvalue weighted by Gasteiger charge is -2.15. The van der Waals surface area contributed by atoms with Crippen LogP contribution in [0.15, 0.2) is 36.4 Å². The van der Waals surface area contributed by atoms with E-state index in [1.54, 1.807) is 7.11 Å². The second kappa shape index (κ2) is 5.64. The van der Waals surface area contributed by atoms with E-state index in [-0.39, 0.29) is 6.04 Å². The molecule has 3 heteroatoms. The van der Waals surface area contributed by atoms with Crippen molar-refractivity contribution in [2.75, 3.05) is 7.11 Å². The topological polar surface area (TPSA) is 35.2 Å². The third kappa shape index (κ3) is 3.09. The number of methoxy groups -OCH3 is 1. The largest absolute Gasteiger partial charge is 0.495 e. The second-order valence-electron chi connectivity index (χ2n) is 4.79. The Morgan fingerprint density at radius 2 is 1.63 bits per heavy atom. The van der Waals surface area contributed by atoms with Crippen LogP contribution in [0.1, 0.15) is 28.3 Å². The van der Waals surface area contributed by atoms with Gasteiger partial charge in [-0.1, -0.05) is 47.0 Å². The summed E-state index contributed by atoms with van der Waals surface area (Å²) >= 11 is 6.03. The predicted octanol–water partition coefficient (Wildman–Crippen LogP) is 4.01. The summed E-state index contributed by atoms with van der Waals surface area (Å²) in [4.78, 5) is 0. The summed E-state index contributed by atoms with van der Waals surface area (Å²) in [6.45, 7) is 4.15. The average Bonchev–Trinajstić information content (AvgIpc) is 2.37. The number of benzene rings is 2. The highest BCUT2D eigenvalue weighted by Gasteiger charge is 2.12. The van der Waals surface area contributed by atoms with E-state index in [0.29, 0.717) is 10.8 Å². The van der Waals surface area contributed by atoms with Crippen LogP contribution in [0.2, 0.25) is 5.02 Å². The zero-order valence-corrected chi connectivity index (χ0v) is 12.2. The highest BCUT2D eigenvalue weighted by Crippen LogP contribution is 2.29. The highest BCUT2D eigenvalue weighted by molar-refractivity contribution is 6.32. The van der Waals surface area contributed by atoms with Gasteiger partial charge in [-0.3, -0.25) is 0 Å². The molecule has 0 amide bonds. The minimum absolute atomic E-state index is 0.176. The number of ether oxygens (including phenoxy) is 1. The summed E-state index contributed by atoms with van der Waals surface area (Å²) in [5.74, 6) is 0.652. The molecule has 0 fully saturated rings. The van der Waals surface area contributed by atoms with E-state index in [1.165, 1.54) is 11.1 Å². The molecule has 0 radical (unpaired) electrons. The molecule has 2 nitrogen and oxygen atoms in total. The third-order valence-electron chi connectivity index (χ3n) is 3.14. The Morgan fingerprint density at radius 1 is 1.00 bits per heavy atom. The van der Waals surface area contributed by atoms with Crippen LogP contribution in [0.5, 0.6) is 5.75 Å². The van der Waals surface area contributed by atoms with Gasteiger partial charge in [-0.15, -0.1) is 0 Å². The van der Waals surface area contributed by atoms with Crippen LogP contribution in [-0.4, -0.2) is 7.11 Å². The lowest BCUT2D eigenvalue weighted by Crippen LogP contribution is -2.12. The fourth-order valence-electron chi connectivity index (χ4n) is 2.25. The van der Waals surface area contributed by atoms with Gasteiger partial charge in [0.15, 0.2) is 0 Å². The number of hydrogen-bond acceptors (Lipinski definition) is 2. The van der Waals surface area contributed by atoms with Crippen LogP contribution in [0.3, 0.4) is 0 Å². The van der Waals surface area contributed by atoms with E-state index >= 15 is 0 Å². The molecule has 0 saturated carbocycles. The molecule has 0 bridgehead atoms. The van der Waals surface area contributed by atoms with Crippen molar-refractivity contribution in [2.24, 2.45) is 5.73 Å². The molecule has 1 unspecified atom stereocenters. The lowest BCUT2D eigenvalue weighted by atomic mass is 9.96. The molecule has 2 N–H and O–H groups in total. The molecular weight excluding hydrogens is 258 g/mol. The molecule has 0 aliphatic carbocycles. The van der Waals surface area contributed by atoms with E-state index in [2.05, 4.69) is 32.0 Å². The zero-order chi connectivity index (χ0) is 14.0. The summed E-state index contributed by atoms with van der Waals surface area (Å²) in [5, 5.41) is 0.596. The van der Waals surface area contributed by atoms with E-state index in [1.807, 2.05) is 18.2 Å². The maximum atomic E-state index is 6.33. The molecule has 0 spiro atoms. The van der Waals surface area contributed by atoms with Gasteiger partial charge in [0.05, 0.1) is 18.2 Å². The van der Waals surface area contributed by atoms with Crippen molar-refractivity contribution in [3.8, 4) is 5.75 Å². The first kappa shape index (κ1) is 13.9. The molecule has 0 aliphatic rings. The van der Waals surface area contributed by atoms with Crippen molar-refractivity contribution < 1.29 is 4.74 Å². The first-order valence-corrected chi connectivity index (χ1v) is 6.56. The average molecular weight is 276 g/mol. The van der Waals surface area contributed by atoms with E-state index < -0.39 is 0 Å². The molecule has 0 aromatic heterocycles. The highest BCUT2D eigenvalue weighted by atomic mass is 35.5. The fraction of sp³-hybridized carbons (Fsp3) is 0.250. The number of rotatable bonds is 3. The van der Waals surface area contributed by atoms with E-state index in [9.17, 15) is 0 Å². The Bertz CT molecular complexity index is 575. The Morgan fingerprint density at radius 3 is 2.21 bits per heavy atom. The quantitative estimate of drug-likeness (QED) is 0.918. The van der Waals surface area contributed by atoms with E-state index in [0.717, 1.165) is 11.1 Å². The van der Waals surface area contributed by atoms with E-state index in [4.69, 9.17) is 22.1 Å². The van der Waals surface area contributed by atoms with Crippen LogP contribution in [0.25, 0.3) is 0 Å². The minimum atomic E-state index is -0.176. The second-order valence-corrected chi connectivity index (χ2v) is 5.20. The molecule has 0 aliphatic heterocycles. The van der Waals surface area contributed by atoms with Gasteiger partial charge in [0.1, 0.15) is 5.75 Å². The van der Waals surface area contributed by atoms with Crippen LogP contribution >= 0.6 is 11.6 Å². The normalized spacial score (nSPS) is 12.3. The Labute approximate surface area is 119 Å². The van der Waals surface area contributed by atoms with Crippen LogP contribution in [0.4, 0.5) is 0 Å². The maximum absolute atomic E-state index is 6.33. The van der Waals surface area contributed by atoms with Crippen LogP contribution in [0, 0.1) is 13.8 Å². The number of halogens is 1. The van der Waals surface area contributed by atoms with Gasteiger partial charge in [-0.05, 0) is 37.1 Å². The number of hydrogen-bond donors (Lipinski definition) is 1. The number of aryl methyl sites for hydroxylation is 2. The van der Waals surface area contributed by atoms with Gasteiger partial charge in [0, 0.05) is 0 Å². The first-order chi connectivity index (χ1) is 9.01. The monoisotopic (exact) mass is 275 g/mol. The fourth-order valence-corrected chi connectivity index (χ4v) is 2.45. The van der Waals surface area contributed by atoms with Crippen molar-refractivity contribution in [3.05, 3.63) is 63.7 Å². The van der Waals surface area contributed by atoms with Gasteiger partial charge in [0.2, 0.25) is 0 Å². The Balaban J connectivity index is 2.40. The Kier molecular flexibility index (Phi) is 4.13. The molecule has 0 saturated heterocycles. The first-order valence-electron chi connectivity index (χ1n) is 6.18. The van der Waals surface area contributed by atoms with Crippen molar-refractivity contribution in [1.82, 2.24) is 0 Å². The zero-order valence-electron chi connectivity index (χ0n) is 11.4. The predicted molar refractivity (Wildman–Crippen MR) is 80.0 cm³/mol. The van der Waals surface area contributed by atoms with Crippen LogP contribution < -0.4 is 10.5 Å². The van der Waals surface area contributed by atoms with Crippen molar-refractivity contribution >= 4 is 11.6 Å². The van der Waals surface area contributed by atoms with Crippen molar-refractivity contribution in [1.29, 1.82) is 0 Å². The molecule has 1 atom stereocenters. The van der Waals surface area contributed by atoms with Crippen molar-refractivity contribution in [2.45, 2.75) is 19.9 Å². The molecule has 19 heavy (non-hydrogen) atoms. The molecule has 100 valence electrons. The van der Waals surface area contributed by atoms with Gasteiger partial charge in [0.25, 0.3) is 0 Å². The summed E-state index contributed by atoms with van der Waals surface area (Å²) in [7, 11) is 1.60. The molecular formula is C16H18ClNO.